The van der Waals surface area contributed by atoms with Gasteiger partial charge in [-0.25, -0.2) is 0 Å². The van der Waals surface area contributed by atoms with Gasteiger partial charge in [0.2, 0.25) is 0 Å². The number of rotatable bonds is 2. The van der Waals surface area contributed by atoms with Crippen molar-refractivity contribution in [3.8, 4) is 0 Å². The van der Waals surface area contributed by atoms with E-state index in [4.69, 9.17) is 0 Å². The average molecular weight is 316 g/mol. The predicted molar refractivity (Wildman–Crippen MR) is 21.3 cm³/mol. The van der Waals surface area contributed by atoms with Crippen LogP contribution in [0.5, 0.6) is 0 Å². The maximum atomic E-state index is 11.9. The third-order valence-corrected chi connectivity index (χ3v) is 0.933. The molecule has 0 aromatic carbocycles. The second-order valence-electron chi connectivity index (χ2n) is 1.69. The van der Waals surface area contributed by atoms with E-state index in [-0.39, 0.29) is 68.9 Å². The zero-order chi connectivity index (χ0) is 9.28. The molecule has 1 unspecified atom stereocenters. The summed E-state index contributed by atoms with van der Waals surface area (Å²) < 4.78 is 79.1. The monoisotopic (exact) mass is 316 g/mol. The Balaban J connectivity index is 0. The standard InChI is InChI=1S/C4H2F7.Cs/c5-1-3(8,2(6)7)4(9,10)11;/h1H2;/q-1;+1. The molecule has 1 atom stereocenters. The topological polar surface area (TPSA) is 0 Å². The minimum absolute atomic E-state index is 0. The molecule has 68 valence electrons. The van der Waals surface area contributed by atoms with Gasteiger partial charge in [0.15, 0.2) is 5.67 Å². The van der Waals surface area contributed by atoms with E-state index in [9.17, 15) is 30.7 Å². The zero-order valence-electron chi connectivity index (χ0n) is 5.85. The summed E-state index contributed by atoms with van der Waals surface area (Å²) in [5.41, 5.74) is -5.10. The third kappa shape index (κ3) is 3.37. The molecule has 0 aliphatic rings. The van der Waals surface area contributed by atoms with E-state index in [2.05, 4.69) is 0 Å². The van der Waals surface area contributed by atoms with Crippen LogP contribution in [0.4, 0.5) is 30.7 Å². The first-order valence-corrected chi connectivity index (χ1v) is 2.25. The molecule has 0 fully saturated rings. The molecule has 0 saturated carbocycles. The number of hydrogen-bond acceptors (Lipinski definition) is 0. The Labute approximate surface area is 122 Å². The Morgan fingerprint density at radius 1 is 1.00 bits per heavy atom. The van der Waals surface area contributed by atoms with Crippen molar-refractivity contribution in [2.24, 2.45) is 0 Å². The summed E-state index contributed by atoms with van der Waals surface area (Å²) in [5.74, 6) is 0. The van der Waals surface area contributed by atoms with Gasteiger partial charge >= 0.3 is 75.1 Å². The van der Waals surface area contributed by atoms with Gasteiger partial charge in [-0.3, -0.25) is 8.78 Å². The van der Waals surface area contributed by atoms with Gasteiger partial charge < -0.3 is 8.78 Å². The minimum atomic E-state index is -5.90. The predicted octanol–water partition coefficient (Wildman–Crippen LogP) is -0.341. The van der Waals surface area contributed by atoms with Crippen molar-refractivity contribution in [2.45, 2.75) is 11.8 Å². The van der Waals surface area contributed by atoms with Gasteiger partial charge in [0, 0.05) is 6.43 Å². The Hall–Kier alpha value is 1.56. The van der Waals surface area contributed by atoms with Crippen molar-refractivity contribution < 1.29 is 99.6 Å². The summed E-state index contributed by atoms with van der Waals surface area (Å²) in [6, 6.07) is 0. The maximum absolute atomic E-state index is 11.9. The van der Waals surface area contributed by atoms with Crippen molar-refractivity contribution in [3.63, 3.8) is 0 Å². The SMILES string of the molecule is FCC(F)([C-](F)F)C(F)(F)F.[Cs+]. The van der Waals surface area contributed by atoms with E-state index >= 15 is 0 Å². The Kier molecular flexibility index (Phi) is 7.26. The summed E-state index contributed by atoms with van der Waals surface area (Å²) in [7, 11) is 0. The summed E-state index contributed by atoms with van der Waals surface area (Å²) in [6.07, 6.45) is -9.52. The molecule has 0 nitrogen and oxygen atoms in total. The molecule has 0 saturated heterocycles. The first-order chi connectivity index (χ1) is 4.75. The van der Waals surface area contributed by atoms with Gasteiger partial charge in [-0.05, 0) is 0 Å². The van der Waals surface area contributed by atoms with Gasteiger partial charge in [0.1, 0.15) is 6.67 Å². The van der Waals surface area contributed by atoms with Crippen molar-refractivity contribution >= 4 is 0 Å². The smallest absolute Gasteiger partial charge is 0.417 e. The van der Waals surface area contributed by atoms with Gasteiger partial charge in [-0.15, -0.1) is 0 Å². The van der Waals surface area contributed by atoms with Crippen LogP contribution in [0.2, 0.25) is 0 Å². The second-order valence-corrected chi connectivity index (χ2v) is 1.69. The van der Waals surface area contributed by atoms with Crippen LogP contribution in [-0.2, 0) is 0 Å². The number of alkyl halides is 5. The average Bonchev–Trinajstić information content (AvgIpc) is 1.83. The maximum Gasteiger partial charge on any atom is 1.00 e. The van der Waals surface area contributed by atoms with Gasteiger partial charge in [-0.1, -0.05) is 0 Å². The van der Waals surface area contributed by atoms with Crippen LogP contribution in [0.15, 0.2) is 0 Å². The van der Waals surface area contributed by atoms with Crippen molar-refractivity contribution in [2.75, 3.05) is 6.67 Å². The fraction of sp³-hybridized carbons (Fsp3) is 0.750. The summed E-state index contributed by atoms with van der Waals surface area (Å²) in [4.78, 5) is 0. The van der Waals surface area contributed by atoms with Crippen LogP contribution in [-0.4, -0.2) is 18.5 Å². The Morgan fingerprint density at radius 2 is 1.33 bits per heavy atom. The molecule has 0 aliphatic carbocycles. The molecule has 0 aromatic heterocycles. The van der Waals surface area contributed by atoms with E-state index in [1.807, 2.05) is 0 Å². The molecule has 0 aliphatic heterocycles. The summed E-state index contributed by atoms with van der Waals surface area (Å²) >= 11 is 0. The van der Waals surface area contributed by atoms with Crippen molar-refractivity contribution in [3.05, 3.63) is 6.43 Å². The van der Waals surface area contributed by atoms with Crippen LogP contribution in [0.25, 0.3) is 0 Å². The Morgan fingerprint density at radius 3 is 1.33 bits per heavy atom. The molecule has 0 N–H and O–H groups in total. The molecule has 0 aromatic rings. The van der Waals surface area contributed by atoms with Crippen LogP contribution >= 0.6 is 0 Å². The summed E-state index contributed by atoms with van der Waals surface area (Å²) in [6.45, 7) is -2.81. The Bertz CT molecular complexity index is 132. The minimum Gasteiger partial charge on any atom is -0.417 e. The zero-order valence-corrected chi connectivity index (χ0v) is 12.1. The fourth-order valence-electron chi connectivity index (χ4n) is 0.233. The first kappa shape index (κ1) is 16.0. The van der Waals surface area contributed by atoms with E-state index in [1.54, 1.807) is 0 Å². The van der Waals surface area contributed by atoms with Crippen molar-refractivity contribution in [1.82, 2.24) is 0 Å². The van der Waals surface area contributed by atoms with Crippen LogP contribution in [0, 0.1) is 6.43 Å². The van der Waals surface area contributed by atoms with E-state index in [1.165, 1.54) is 0 Å². The molecular formula is C4H2CsF7. The molecule has 0 bridgehead atoms. The molecular weight excluding hydrogens is 314 g/mol. The van der Waals surface area contributed by atoms with Gasteiger partial charge in [-0.2, -0.15) is 13.2 Å². The van der Waals surface area contributed by atoms with Gasteiger partial charge in [0.05, 0.1) is 0 Å². The quantitative estimate of drug-likeness (QED) is 0.483. The molecule has 12 heavy (non-hydrogen) atoms. The molecule has 0 rings (SSSR count). The molecule has 0 heterocycles. The number of hydrogen-bond donors (Lipinski definition) is 0. The van der Waals surface area contributed by atoms with Crippen LogP contribution < -0.4 is 68.9 Å². The normalized spacial score (nSPS) is 17.0. The molecule has 0 spiro atoms. The molecule has 8 heteroatoms. The molecule has 0 amide bonds. The first-order valence-electron chi connectivity index (χ1n) is 2.25. The second kappa shape index (κ2) is 5.44. The van der Waals surface area contributed by atoms with Crippen LogP contribution in [0.1, 0.15) is 0 Å². The fourth-order valence-corrected chi connectivity index (χ4v) is 0.233. The summed E-state index contributed by atoms with van der Waals surface area (Å²) in [5, 5.41) is 0. The largest absolute Gasteiger partial charge is 1.00 e. The van der Waals surface area contributed by atoms with Gasteiger partial charge in [0.25, 0.3) is 0 Å². The van der Waals surface area contributed by atoms with E-state index in [0.717, 1.165) is 0 Å². The van der Waals surface area contributed by atoms with E-state index < -0.39 is 24.9 Å². The van der Waals surface area contributed by atoms with Crippen molar-refractivity contribution in [1.29, 1.82) is 0 Å². The number of halogens is 7. The van der Waals surface area contributed by atoms with E-state index in [0.29, 0.717) is 0 Å². The third-order valence-electron chi connectivity index (χ3n) is 0.933. The van der Waals surface area contributed by atoms with Crippen LogP contribution in [0.3, 0.4) is 0 Å². The molecule has 0 radical (unpaired) electrons.